The first-order valence-corrected chi connectivity index (χ1v) is 12.0. The molecule has 0 amide bonds. The smallest absolute Gasteiger partial charge is 0.193 e. The molecule has 0 bridgehead atoms. The third-order valence-corrected chi connectivity index (χ3v) is 7.00. The minimum Gasteiger partial charge on any atom is -0.356 e. The van der Waals surface area contributed by atoms with Gasteiger partial charge in [-0.25, -0.2) is 4.98 Å². The maximum absolute atomic E-state index is 4.71. The number of fused-ring (bicyclic) bond motifs is 2. The number of benzene rings is 1. The van der Waals surface area contributed by atoms with Crippen LogP contribution in [0.1, 0.15) is 30.5 Å². The zero-order valence-electron chi connectivity index (χ0n) is 19.4. The van der Waals surface area contributed by atoms with E-state index in [0.29, 0.717) is 6.04 Å². The van der Waals surface area contributed by atoms with Crippen molar-refractivity contribution in [1.82, 2.24) is 24.5 Å². The quantitative estimate of drug-likeness (QED) is 0.292. The Bertz CT molecular complexity index is 1020. The van der Waals surface area contributed by atoms with Crippen LogP contribution in [0.15, 0.2) is 65.9 Å². The molecular formula is C26H35IN6. The lowest BCUT2D eigenvalue weighted by Crippen LogP contribution is -2.56. The summed E-state index contributed by atoms with van der Waals surface area (Å²) in [4.78, 5) is 14.5. The molecule has 0 radical (unpaired) electrons. The van der Waals surface area contributed by atoms with Crippen LogP contribution in [-0.4, -0.2) is 64.4 Å². The van der Waals surface area contributed by atoms with Gasteiger partial charge in [0.15, 0.2) is 5.96 Å². The summed E-state index contributed by atoms with van der Waals surface area (Å²) in [6, 6.07) is 17.7. The Kier molecular flexibility index (Phi) is 8.25. The number of likely N-dealkylation sites (tertiary alicyclic amines) is 2. The van der Waals surface area contributed by atoms with Crippen LogP contribution >= 0.6 is 24.0 Å². The molecule has 5 rings (SSSR count). The number of aromatic nitrogens is 2. The van der Waals surface area contributed by atoms with Gasteiger partial charge in [-0.1, -0.05) is 36.4 Å². The fraction of sp³-hybridized carbons (Fsp3) is 0.462. The van der Waals surface area contributed by atoms with E-state index in [0.717, 1.165) is 55.8 Å². The number of guanidine groups is 1. The van der Waals surface area contributed by atoms with E-state index >= 15 is 0 Å². The molecule has 0 saturated carbocycles. The highest BCUT2D eigenvalue weighted by atomic mass is 127. The minimum atomic E-state index is 0. The van der Waals surface area contributed by atoms with Gasteiger partial charge in [0.2, 0.25) is 0 Å². The molecule has 2 fully saturated rings. The summed E-state index contributed by atoms with van der Waals surface area (Å²) in [6.45, 7) is 5.32. The molecule has 4 heterocycles. The average molecular weight is 559 g/mol. The monoisotopic (exact) mass is 558 g/mol. The number of rotatable bonds is 5. The molecule has 2 saturated heterocycles. The summed E-state index contributed by atoms with van der Waals surface area (Å²) in [7, 11) is 1.90. The predicted octanol–water partition coefficient (Wildman–Crippen LogP) is 4.06. The normalized spacial score (nSPS) is 21.5. The summed E-state index contributed by atoms with van der Waals surface area (Å²) in [5.74, 6) is 1.76. The van der Waals surface area contributed by atoms with Crippen molar-refractivity contribution in [3.05, 3.63) is 72.2 Å². The zero-order chi connectivity index (χ0) is 21.8. The molecule has 1 aromatic carbocycles. The van der Waals surface area contributed by atoms with Crippen molar-refractivity contribution >= 4 is 35.6 Å². The maximum Gasteiger partial charge on any atom is 0.193 e. The van der Waals surface area contributed by atoms with Gasteiger partial charge in [-0.2, -0.15) is 0 Å². The lowest BCUT2D eigenvalue weighted by molar-refractivity contribution is 0.0373. The Morgan fingerprint density at radius 3 is 2.76 bits per heavy atom. The van der Waals surface area contributed by atoms with Crippen LogP contribution in [0.25, 0.3) is 5.65 Å². The maximum atomic E-state index is 4.71. The fourth-order valence-electron chi connectivity index (χ4n) is 5.46. The first-order chi connectivity index (χ1) is 15.8. The van der Waals surface area contributed by atoms with Crippen molar-refractivity contribution in [3.63, 3.8) is 0 Å². The molecule has 33 heavy (non-hydrogen) atoms. The summed E-state index contributed by atoms with van der Waals surface area (Å²) in [5, 5.41) is 3.59. The van der Waals surface area contributed by atoms with Crippen LogP contribution in [0.4, 0.5) is 0 Å². The van der Waals surface area contributed by atoms with Crippen LogP contribution in [-0.2, 0) is 13.0 Å². The third kappa shape index (κ3) is 5.69. The van der Waals surface area contributed by atoms with Gasteiger partial charge in [-0.3, -0.25) is 9.89 Å². The molecule has 2 aliphatic heterocycles. The van der Waals surface area contributed by atoms with E-state index in [1.54, 1.807) is 0 Å². The second-order valence-corrected chi connectivity index (χ2v) is 9.08. The number of aliphatic imine (C=N–C) groups is 1. The lowest BCUT2D eigenvalue weighted by Gasteiger charge is -2.48. The molecule has 2 aromatic heterocycles. The highest BCUT2D eigenvalue weighted by Gasteiger charge is 2.36. The molecule has 3 aromatic rings. The summed E-state index contributed by atoms with van der Waals surface area (Å²) in [6.07, 6.45) is 8.89. The van der Waals surface area contributed by atoms with Crippen molar-refractivity contribution in [3.8, 4) is 0 Å². The summed E-state index contributed by atoms with van der Waals surface area (Å²) in [5.41, 5.74) is 3.55. The number of piperidine rings is 2. The van der Waals surface area contributed by atoms with Crippen LogP contribution in [0.2, 0.25) is 0 Å². The molecule has 176 valence electrons. The predicted molar refractivity (Wildman–Crippen MR) is 145 cm³/mol. The Morgan fingerprint density at radius 1 is 1.09 bits per heavy atom. The second kappa shape index (κ2) is 11.3. The van der Waals surface area contributed by atoms with Gasteiger partial charge < -0.3 is 14.6 Å². The molecule has 2 unspecified atom stereocenters. The Balaban J connectivity index is 0.00000259. The number of pyridine rings is 1. The Labute approximate surface area is 214 Å². The van der Waals surface area contributed by atoms with E-state index in [1.165, 1.54) is 31.4 Å². The highest BCUT2D eigenvalue weighted by molar-refractivity contribution is 14.0. The summed E-state index contributed by atoms with van der Waals surface area (Å²) >= 11 is 0. The second-order valence-electron chi connectivity index (χ2n) is 9.08. The molecule has 2 atom stereocenters. The van der Waals surface area contributed by atoms with E-state index < -0.39 is 0 Å². The van der Waals surface area contributed by atoms with Crippen LogP contribution in [0.5, 0.6) is 0 Å². The van der Waals surface area contributed by atoms with Crippen LogP contribution < -0.4 is 5.32 Å². The number of halogens is 1. The zero-order valence-corrected chi connectivity index (χ0v) is 21.8. The molecule has 7 heteroatoms. The van der Waals surface area contributed by atoms with Gasteiger partial charge in [-0.05, 0) is 49.4 Å². The molecule has 0 spiro atoms. The van der Waals surface area contributed by atoms with Gasteiger partial charge in [0.05, 0.1) is 5.69 Å². The Morgan fingerprint density at radius 2 is 1.94 bits per heavy atom. The SMILES string of the molecule is CN=C(NCCc1cn2ccccc2n1)N1CCC2C(CCCN2Cc2ccccc2)C1.I. The number of nitrogens with one attached hydrogen (secondary N) is 1. The van der Waals surface area contributed by atoms with Crippen molar-refractivity contribution < 1.29 is 0 Å². The number of hydrogen-bond acceptors (Lipinski definition) is 3. The summed E-state index contributed by atoms with van der Waals surface area (Å²) < 4.78 is 2.08. The average Bonchev–Trinajstić information content (AvgIpc) is 3.25. The van der Waals surface area contributed by atoms with Crippen molar-refractivity contribution in [1.29, 1.82) is 0 Å². The van der Waals surface area contributed by atoms with E-state index in [9.17, 15) is 0 Å². The van der Waals surface area contributed by atoms with E-state index in [4.69, 9.17) is 4.98 Å². The first-order valence-electron chi connectivity index (χ1n) is 12.0. The lowest BCUT2D eigenvalue weighted by atomic mass is 9.83. The number of nitrogens with zero attached hydrogens (tertiary/aromatic N) is 5. The van der Waals surface area contributed by atoms with E-state index in [2.05, 4.69) is 61.0 Å². The van der Waals surface area contributed by atoms with Crippen molar-refractivity contribution in [2.45, 2.75) is 38.3 Å². The molecule has 0 aliphatic carbocycles. The molecule has 6 nitrogen and oxygen atoms in total. The van der Waals surface area contributed by atoms with Gasteiger partial charge in [0, 0.05) is 58.1 Å². The van der Waals surface area contributed by atoms with Gasteiger partial charge >= 0.3 is 0 Å². The standard InChI is InChI=1S/C26H34N6.HI/c1-27-26(28-14-12-23-20-31-15-6-5-11-25(31)29-23)32-17-13-24-22(19-32)10-7-16-30(24)18-21-8-3-2-4-9-21;/h2-6,8-9,11,15,20,22,24H,7,10,12-14,16-19H2,1H3,(H,27,28);1H. The van der Waals surface area contributed by atoms with Crippen LogP contribution in [0, 0.1) is 5.92 Å². The Hall–Kier alpha value is -2.13. The van der Waals surface area contributed by atoms with E-state index in [1.807, 2.05) is 31.4 Å². The van der Waals surface area contributed by atoms with Crippen LogP contribution in [0.3, 0.4) is 0 Å². The molecule has 2 aliphatic rings. The first kappa shape index (κ1) is 24.0. The van der Waals surface area contributed by atoms with Crippen molar-refractivity contribution in [2.75, 3.05) is 33.2 Å². The molecule has 1 N–H and O–H groups in total. The van der Waals surface area contributed by atoms with Gasteiger partial charge in [-0.15, -0.1) is 24.0 Å². The van der Waals surface area contributed by atoms with Gasteiger partial charge in [0.1, 0.15) is 5.65 Å². The fourth-order valence-corrected chi connectivity index (χ4v) is 5.46. The molecular weight excluding hydrogens is 523 g/mol. The minimum absolute atomic E-state index is 0. The third-order valence-electron chi connectivity index (χ3n) is 7.00. The van der Waals surface area contributed by atoms with Crippen molar-refractivity contribution in [2.24, 2.45) is 10.9 Å². The topological polar surface area (TPSA) is 48.2 Å². The van der Waals surface area contributed by atoms with E-state index in [-0.39, 0.29) is 24.0 Å². The van der Waals surface area contributed by atoms with Gasteiger partial charge in [0.25, 0.3) is 0 Å². The largest absolute Gasteiger partial charge is 0.356 e. The number of imidazole rings is 1. The number of hydrogen-bond donors (Lipinski definition) is 1. The highest BCUT2D eigenvalue weighted by Crippen LogP contribution is 2.31.